The highest BCUT2D eigenvalue weighted by Crippen LogP contribution is 2.18. The van der Waals surface area contributed by atoms with Gasteiger partial charge < -0.3 is 0 Å². The van der Waals surface area contributed by atoms with E-state index < -0.39 is 0 Å². The molecule has 0 N–H and O–H groups in total. The summed E-state index contributed by atoms with van der Waals surface area (Å²) in [6, 6.07) is 11.0. The lowest BCUT2D eigenvalue weighted by Crippen LogP contribution is -2.01. The molecule has 2 nitrogen and oxygen atoms in total. The first-order valence-corrected chi connectivity index (χ1v) is 6.57. The summed E-state index contributed by atoms with van der Waals surface area (Å²) in [7, 11) is 0. The Bertz CT molecular complexity index is 591. The van der Waals surface area contributed by atoms with Crippen molar-refractivity contribution in [3.8, 4) is 0 Å². The molecule has 0 aliphatic heterocycles. The number of Topliss-reactive ketones (excluding diaryl/α,β-unsaturated/α-hetero) is 1. The minimum absolute atomic E-state index is 0.0329. The van der Waals surface area contributed by atoms with Gasteiger partial charge in [0.05, 0.1) is 0 Å². The fraction of sp³-hybridized carbons (Fsp3) is 0.133. The molecule has 2 rings (SSSR count). The van der Waals surface area contributed by atoms with E-state index in [1.165, 1.54) is 12.1 Å². The van der Waals surface area contributed by atoms with E-state index in [2.05, 4.69) is 4.98 Å². The van der Waals surface area contributed by atoms with Crippen LogP contribution in [-0.4, -0.2) is 10.8 Å². The average molecular weight is 293 g/mol. The van der Waals surface area contributed by atoms with Gasteiger partial charge in [0, 0.05) is 12.0 Å². The number of hydrogen-bond donors (Lipinski definition) is 0. The summed E-state index contributed by atoms with van der Waals surface area (Å²) in [6.45, 7) is 2.01. The van der Waals surface area contributed by atoms with Crippen molar-refractivity contribution in [2.45, 2.75) is 13.3 Å². The Morgan fingerprint density at radius 3 is 2.47 bits per heavy atom. The molecule has 0 bridgehead atoms. The van der Waals surface area contributed by atoms with E-state index in [-0.39, 0.29) is 16.1 Å². The van der Waals surface area contributed by atoms with E-state index in [0.717, 1.165) is 11.1 Å². The van der Waals surface area contributed by atoms with Crippen LogP contribution in [-0.2, 0) is 0 Å². The lowest BCUT2D eigenvalue weighted by molar-refractivity contribution is 0.0992. The molecule has 0 spiro atoms. The van der Waals surface area contributed by atoms with Gasteiger partial charge in [-0.2, -0.15) is 0 Å². The Morgan fingerprint density at radius 2 is 1.84 bits per heavy atom. The van der Waals surface area contributed by atoms with Crippen LogP contribution < -0.4 is 0 Å². The van der Waals surface area contributed by atoms with Gasteiger partial charge in [-0.3, -0.25) is 4.79 Å². The number of rotatable bonds is 4. The number of carbonyl (C=O) groups is 1. The molecule has 0 unspecified atom stereocenters. The van der Waals surface area contributed by atoms with Gasteiger partial charge in [-0.25, -0.2) is 4.98 Å². The van der Waals surface area contributed by atoms with Crippen LogP contribution in [0.4, 0.5) is 0 Å². The number of hydrogen-bond acceptors (Lipinski definition) is 2. The van der Waals surface area contributed by atoms with Gasteiger partial charge >= 0.3 is 0 Å². The van der Waals surface area contributed by atoms with Gasteiger partial charge in [-0.15, -0.1) is 0 Å². The van der Waals surface area contributed by atoms with Gasteiger partial charge in [0.2, 0.25) is 0 Å². The molecular formula is C15H12Cl2NO. The molecular weight excluding hydrogens is 281 g/mol. The highest BCUT2D eigenvalue weighted by Gasteiger charge is 2.10. The highest BCUT2D eigenvalue weighted by atomic mass is 35.5. The molecule has 1 radical (unpaired) electrons. The first-order chi connectivity index (χ1) is 9.06. The van der Waals surface area contributed by atoms with Gasteiger partial charge in [0.25, 0.3) is 0 Å². The van der Waals surface area contributed by atoms with Crippen molar-refractivity contribution in [3.05, 3.63) is 69.8 Å². The molecule has 2 aromatic rings. The van der Waals surface area contributed by atoms with Crippen molar-refractivity contribution < 1.29 is 4.79 Å². The predicted molar refractivity (Wildman–Crippen MR) is 77.8 cm³/mol. The first-order valence-electron chi connectivity index (χ1n) is 5.81. The predicted octanol–water partition coefficient (Wildman–Crippen LogP) is 4.52. The molecule has 1 heterocycles. The second-order valence-corrected chi connectivity index (χ2v) is 4.96. The van der Waals surface area contributed by atoms with E-state index in [1.54, 1.807) is 0 Å². The molecule has 0 saturated heterocycles. The van der Waals surface area contributed by atoms with E-state index in [1.807, 2.05) is 37.6 Å². The minimum Gasteiger partial charge on any atom is -0.294 e. The summed E-state index contributed by atoms with van der Waals surface area (Å²) in [5.74, 6) is -0.0329. The Hall–Kier alpha value is -1.38. The summed E-state index contributed by atoms with van der Waals surface area (Å²) < 4.78 is 0. The molecule has 4 heteroatoms. The quantitative estimate of drug-likeness (QED) is 0.612. The molecule has 97 valence electrons. The Balaban J connectivity index is 2.08. The molecule has 19 heavy (non-hydrogen) atoms. The molecule has 1 aromatic carbocycles. The van der Waals surface area contributed by atoms with E-state index in [4.69, 9.17) is 23.2 Å². The number of aryl methyl sites for hydroxylation is 1. The molecule has 0 atom stereocenters. The third-order valence-electron chi connectivity index (χ3n) is 2.78. The van der Waals surface area contributed by atoms with Crippen LogP contribution >= 0.6 is 23.2 Å². The van der Waals surface area contributed by atoms with Crippen molar-refractivity contribution in [3.63, 3.8) is 0 Å². The van der Waals surface area contributed by atoms with Crippen molar-refractivity contribution in [2.75, 3.05) is 0 Å². The normalized spacial score (nSPS) is 10.5. The SMILES string of the molecule is Cc1ccccc1[CH]CC(=O)c1cc(Cl)nc(Cl)c1. The van der Waals surface area contributed by atoms with Crippen LogP contribution in [0.5, 0.6) is 0 Å². The summed E-state index contributed by atoms with van der Waals surface area (Å²) in [6.07, 6.45) is 2.21. The van der Waals surface area contributed by atoms with Gasteiger partial charge in [0.1, 0.15) is 10.3 Å². The zero-order valence-electron chi connectivity index (χ0n) is 10.4. The maximum atomic E-state index is 12.1. The molecule has 0 fully saturated rings. The van der Waals surface area contributed by atoms with Crippen molar-refractivity contribution in [1.82, 2.24) is 4.98 Å². The smallest absolute Gasteiger partial charge is 0.163 e. The second-order valence-electron chi connectivity index (χ2n) is 4.19. The summed E-state index contributed by atoms with van der Waals surface area (Å²) >= 11 is 11.6. The van der Waals surface area contributed by atoms with Crippen LogP contribution in [0.3, 0.4) is 0 Å². The number of halogens is 2. The fourth-order valence-electron chi connectivity index (χ4n) is 1.76. The Labute approximate surface area is 122 Å². The van der Waals surface area contributed by atoms with Crippen molar-refractivity contribution >= 4 is 29.0 Å². The maximum Gasteiger partial charge on any atom is 0.163 e. The van der Waals surface area contributed by atoms with E-state index in [0.29, 0.717) is 12.0 Å². The van der Waals surface area contributed by atoms with Crippen LogP contribution in [0.15, 0.2) is 36.4 Å². The monoisotopic (exact) mass is 292 g/mol. The number of aromatic nitrogens is 1. The standard InChI is InChI=1S/C15H12Cl2NO/c1-10-4-2-3-5-11(10)6-7-13(19)12-8-14(16)18-15(17)9-12/h2-6,8-9H,7H2,1H3. The summed E-state index contributed by atoms with van der Waals surface area (Å²) in [4.78, 5) is 15.9. The first kappa shape index (κ1) is 14.0. The van der Waals surface area contributed by atoms with Crippen molar-refractivity contribution in [2.24, 2.45) is 0 Å². The van der Waals surface area contributed by atoms with E-state index in [9.17, 15) is 4.79 Å². The Kier molecular flexibility index (Phi) is 4.56. The van der Waals surface area contributed by atoms with E-state index >= 15 is 0 Å². The molecule has 0 saturated carbocycles. The Morgan fingerprint density at radius 1 is 1.21 bits per heavy atom. The number of pyridine rings is 1. The van der Waals surface area contributed by atoms with Crippen LogP contribution in [0.2, 0.25) is 10.3 Å². The minimum atomic E-state index is -0.0329. The highest BCUT2D eigenvalue weighted by molar-refractivity contribution is 6.33. The van der Waals surface area contributed by atoms with Gasteiger partial charge in [-0.1, -0.05) is 47.5 Å². The maximum absolute atomic E-state index is 12.1. The second kappa shape index (κ2) is 6.18. The van der Waals surface area contributed by atoms with Crippen LogP contribution in [0, 0.1) is 13.3 Å². The molecule has 0 aliphatic rings. The van der Waals surface area contributed by atoms with Crippen LogP contribution in [0.1, 0.15) is 27.9 Å². The lowest BCUT2D eigenvalue weighted by atomic mass is 10.0. The molecule has 0 amide bonds. The number of carbonyl (C=O) groups excluding carboxylic acids is 1. The zero-order chi connectivity index (χ0) is 13.8. The molecule has 0 aliphatic carbocycles. The van der Waals surface area contributed by atoms with Gasteiger partial charge in [0.15, 0.2) is 5.78 Å². The molecule has 1 aromatic heterocycles. The largest absolute Gasteiger partial charge is 0.294 e. The van der Waals surface area contributed by atoms with Crippen LogP contribution in [0.25, 0.3) is 0 Å². The summed E-state index contributed by atoms with van der Waals surface area (Å²) in [5, 5.41) is 0.457. The topological polar surface area (TPSA) is 30.0 Å². The third-order valence-corrected chi connectivity index (χ3v) is 3.17. The number of benzene rings is 1. The van der Waals surface area contributed by atoms with Crippen molar-refractivity contribution in [1.29, 1.82) is 0 Å². The van der Waals surface area contributed by atoms with Gasteiger partial charge in [-0.05, 0) is 36.6 Å². The fourth-order valence-corrected chi connectivity index (χ4v) is 2.22. The zero-order valence-corrected chi connectivity index (χ0v) is 11.9. The lowest BCUT2D eigenvalue weighted by Gasteiger charge is -2.05. The third kappa shape index (κ3) is 3.79. The number of nitrogens with zero attached hydrogens (tertiary/aromatic N) is 1. The average Bonchev–Trinajstić information content (AvgIpc) is 2.36. The summed E-state index contributed by atoms with van der Waals surface area (Å²) in [5.41, 5.74) is 2.68. The number of ketones is 1.